The minimum Gasteiger partial charge on any atom is -0.497 e. The van der Waals surface area contributed by atoms with E-state index in [-0.39, 0.29) is 5.91 Å². The molecule has 0 aliphatic rings. The summed E-state index contributed by atoms with van der Waals surface area (Å²) < 4.78 is 10.6. The molecule has 0 atom stereocenters. The Morgan fingerprint density at radius 3 is 2.55 bits per heavy atom. The monoisotopic (exact) mass is 301 g/mol. The second-order valence-electron chi connectivity index (χ2n) is 4.65. The minimum atomic E-state index is -0.0788. The number of nitrogens with two attached hydrogens (primary N) is 1. The molecule has 1 heterocycles. The average molecular weight is 301 g/mol. The standard InChI is InChI=1S/C16H19N3O3/c1-21-13-5-7-14(8-6-13)22-10-2-3-16(20)19-12-4-9-15(17)18-11-12/h4-9,11H,2-3,10H2,1H3,(H2,17,18)(H,19,20). The lowest BCUT2D eigenvalue weighted by Crippen LogP contribution is -2.13. The van der Waals surface area contributed by atoms with Gasteiger partial charge < -0.3 is 20.5 Å². The number of aromatic nitrogens is 1. The van der Waals surface area contributed by atoms with Gasteiger partial charge in [-0.3, -0.25) is 4.79 Å². The van der Waals surface area contributed by atoms with E-state index in [9.17, 15) is 4.79 Å². The van der Waals surface area contributed by atoms with Gasteiger partial charge in [-0.05, 0) is 42.8 Å². The number of amides is 1. The normalized spacial score (nSPS) is 10.0. The van der Waals surface area contributed by atoms with Crippen molar-refractivity contribution in [1.29, 1.82) is 0 Å². The average Bonchev–Trinajstić information content (AvgIpc) is 2.54. The molecule has 6 nitrogen and oxygen atoms in total. The Kier molecular flexibility index (Phi) is 5.59. The number of nitrogens with zero attached hydrogens (tertiary/aromatic N) is 1. The zero-order valence-electron chi connectivity index (χ0n) is 12.4. The van der Waals surface area contributed by atoms with Crippen LogP contribution < -0.4 is 20.5 Å². The summed E-state index contributed by atoms with van der Waals surface area (Å²) in [6.45, 7) is 0.472. The lowest BCUT2D eigenvalue weighted by Gasteiger charge is -2.07. The first kappa shape index (κ1) is 15.6. The maximum Gasteiger partial charge on any atom is 0.224 e. The second kappa shape index (κ2) is 7.87. The zero-order valence-corrected chi connectivity index (χ0v) is 12.4. The van der Waals surface area contributed by atoms with Crippen molar-refractivity contribution < 1.29 is 14.3 Å². The van der Waals surface area contributed by atoms with E-state index in [1.54, 1.807) is 19.2 Å². The molecule has 0 aliphatic carbocycles. The molecule has 3 N–H and O–H groups in total. The number of hydrogen-bond donors (Lipinski definition) is 2. The second-order valence-corrected chi connectivity index (χ2v) is 4.65. The highest BCUT2D eigenvalue weighted by atomic mass is 16.5. The highest BCUT2D eigenvalue weighted by Gasteiger charge is 2.03. The third-order valence-electron chi connectivity index (χ3n) is 2.95. The van der Waals surface area contributed by atoms with E-state index < -0.39 is 0 Å². The summed E-state index contributed by atoms with van der Waals surface area (Å²) in [5.74, 6) is 1.88. The first-order valence-corrected chi connectivity index (χ1v) is 6.95. The van der Waals surface area contributed by atoms with Gasteiger partial charge in [-0.15, -0.1) is 0 Å². The molecule has 2 aromatic rings. The molecule has 0 bridgehead atoms. The predicted molar refractivity (Wildman–Crippen MR) is 85.0 cm³/mol. The van der Waals surface area contributed by atoms with Gasteiger partial charge in [0, 0.05) is 6.42 Å². The van der Waals surface area contributed by atoms with Gasteiger partial charge in [0.25, 0.3) is 0 Å². The van der Waals surface area contributed by atoms with Gasteiger partial charge in [0.05, 0.1) is 25.6 Å². The summed E-state index contributed by atoms with van der Waals surface area (Å²) in [5, 5.41) is 2.75. The lowest BCUT2D eigenvalue weighted by molar-refractivity contribution is -0.116. The maximum atomic E-state index is 11.8. The Bertz CT molecular complexity index is 597. The largest absolute Gasteiger partial charge is 0.497 e. The number of carbonyl (C=O) groups is 1. The van der Waals surface area contributed by atoms with Crippen molar-refractivity contribution in [3.63, 3.8) is 0 Å². The lowest BCUT2D eigenvalue weighted by atomic mass is 10.3. The van der Waals surface area contributed by atoms with Crippen LogP contribution in [0.3, 0.4) is 0 Å². The van der Waals surface area contributed by atoms with Crippen LogP contribution in [0, 0.1) is 0 Å². The van der Waals surface area contributed by atoms with E-state index >= 15 is 0 Å². The number of methoxy groups -OCH3 is 1. The molecule has 0 saturated heterocycles. The molecular weight excluding hydrogens is 282 g/mol. The predicted octanol–water partition coefficient (Wildman–Crippen LogP) is 2.47. The van der Waals surface area contributed by atoms with E-state index in [0.29, 0.717) is 31.0 Å². The van der Waals surface area contributed by atoms with Crippen LogP contribution in [0.4, 0.5) is 11.5 Å². The fourth-order valence-corrected chi connectivity index (χ4v) is 1.80. The molecule has 116 valence electrons. The summed E-state index contributed by atoms with van der Waals surface area (Å²) >= 11 is 0. The number of benzene rings is 1. The van der Waals surface area contributed by atoms with Crippen LogP contribution in [0.5, 0.6) is 11.5 Å². The van der Waals surface area contributed by atoms with Gasteiger partial charge in [0.1, 0.15) is 17.3 Å². The van der Waals surface area contributed by atoms with E-state index in [0.717, 1.165) is 11.5 Å². The van der Waals surface area contributed by atoms with E-state index in [4.69, 9.17) is 15.2 Å². The number of rotatable bonds is 7. The van der Waals surface area contributed by atoms with Gasteiger partial charge in [-0.25, -0.2) is 4.98 Å². The van der Waals surface area contributed by atoms with E-state index in [1.807, 2.05) is 24.3 Å². The molecule has 0 unspecified atom stereocenters. The fraction of sp³-hybridized carbons (Fsp3) is 0.250. The molecule has 0 radical (unpaired) electrons. The van der Waals surface area contributed by atoms with Crippen LogP contribution in [-0.4, -0.2) is 24.6 Å². The molecule has 0 spiro atoms. The van der Waals surface area contributed by atoms with Gasteiger partial charge >= 0.3 is 0 Å². The van der Waals surface area contributed by atoms with Crippen LogP contribution >= 0.6 is 0 Å². The Hall–Kier alpha value is -2.76. The first-order valence-electron chi connectivity index (χ1n) is 6.95. The van der Waals surface area contributed by atoms with Crippen LogP contribution in [0.25, 0.3) is 0 Å². The van der Waals surface area contributed by atoms with E-state index in [1.165, 1.54) is 6.20 Å². The molecule has 6 heteroatoms. The summed E-state index contributed by atoms with van der Waals surface area (Å²) in [6, 6.07) is 10.7. The zero-order chi connectivity index (χ0) is 15.8. The van der Waals surface area contributed by atoms with Crippen molar-refractivity contribution in [2.45, 2.75) is 12.8 Å². The number of pyridine rings is 1. The summed E-state index contributed by atoms with van der Waals surface area (Å²) in [6.07, 6.45) is 2.53. The fourth-order valence-electron chi connectivity index (χ4n) is 1.80. The molecular formula is C16H19N3O3. The molecule has 0 fully saturated rings. The molecule has 2 rings (SSSR count). The summed E-state index contributed by atoms with van der Waals surface area (Å²) in [5.41, 5.74) is 6.12. The highest BCUT2D eigenvalue weighted by molar-refractivity contribution is 5.90. The number of anilines is 2. The highest BCUT2D eigenvalue weighted by Crippen LogP contribution is 2.17. The molecule has 0 aliphatic heterocycles. The maximum absolute atomic E-state index is 11.8. The number of nitrogen functional groups attached to an aromatic ring is 1. The van der Waals surface area contributed by atoms with Crippen LogP contribution in [0.1, 0.15) is 12.8 Å². The van der Waals surface area contributed by atoms with Gasteiger partial charge in [-0.1, -0.05) is 0 Å². The molecule has 0 saturated carbocycles. The van der Waals surface area contributed by atoms with Crippen LogP contribution in [0.15, 0.2) is 42.6 Å². The SMILES string of the molecule is COc1ccc(OCCCC(=O)Nc2ccc(N)nc2)cc1. The van der Waals surface area contributed by atoms with Crippen molar-refractivity contribution in [2.75, 3.05) is 24.8 Å². The van der Waals surface area contributed by atoms with Gasteiger partial charge in [0.2, 0.25) is 5.91 Å². The third kappa shape index (κ3) is 4.97. The third-order valence-corrected chi connectivity index (χ3v) is 2.95. The smallest absolute Gasteiger partial charge is 0.224 e. The summed E-state index contributed by atoms with van der Waals surface area (Å²) in [7, 11) is 1.62. The van der Waals surface area contributed by atoms with E-state index in [2.05, 4.69) is 10.3 Å². The van der Waals surface area contributed by atoms with Gasteiger partial charge in [-0.2, -0.15) is 0 Å². The number of nitrogens with one attached hydrogen (secondary N) is 1. The molecule has 1 aromatic carbocycles. The van der Waals surface area contributed by atoms with Crippen molar-refractivity contribution in [1.82, 2.24) is 4.98 Å². The molecule has 1 amide bonds. The van der Waals surface area contributed by atoms with Crippen molar-refractivity contribution in [3.8, 4) is 11.5 Å². The number of ether oxygens (including phenoxy) is 2. The van der Waals surface area contributed by atoms with Crippen LogP contribution in [-0.2, 0) is 4.79 Å². The van der Waals surface area contributed by atoms with Crippen molar-refractivity contribution in [2.24, 2.45) is 0 Å². The summed E-state index contributed by atoms with van der Waals surface area (Å²) in [4.78, 5) is 15.7. The first-order chi connectivity index (χ1) is 10.7. The minimum absolute atomic E-state index is 0.0788. The topological polar surface area (TPSA) is 86.5 Å². The Balaban J connectivity index is 1.67. The Morgan fingerprint density at radius 1 is 1.18 bits per heavy atom. The Morgan fingerprint density at radius 2 is 1.91 bits per heavy atom. The molecule has 1 aromatic heterocycles. The van der Waals surface area contributed by atoms with Crippen LogP contribution in [0.2, 0.25) is 0 Å². The van der Waals surface area contributed by atoms with Gasteiger partial charge in [0.15, 0.2) is 0 Å². The quantitative estimate of drug-likeness (QED) is 0.767. The number of hydrogen-bond acceptors (Lipinski definition) is 5. The molecule has 22 heavy (non-hydrogen) atoms. The van der Waals surface area contributed by atoms with Crippen molar-refractivity contribution in [3.05, 3.63) is 42.6 Å². The Labute approximate surface area is 129 Å². The number of carbonyl (C=O) groups excluding carboxylic acids is 1. The van der Waals surface area contributed by atoms with Crippen molar-refractivity contribution >= 4 is 17.4 Å².